The summed E-state index contributed by atoms with van der Waals surface area (Å²) in [4.78, 5) is 27.1. The van der Waals surface area contributed by atoms with Gasteiger partial charge in [-0.3, -0.25) is 4.79 Å². The molecule has 0 saturated carbocycles. The van der Waals surface area contributed by atoms with Gasteiger partial charge in [-0.2, -0.15) is 5.26 Å². The monoisotopic (exact) mass is 510 g/mol. The highest BCUT2D eigenvalue weighted by atomic mass is 32.1. The normalized spacial score (nSPS) is 18.5. The van der Waals surface area contributed by atoms with E-state index in [4.69, 9.17) is 14.2 Å². The number of nitrogens with one attached hydrogen (secondary N) is 1. The van der Waals surface area contributed by atoms with Gasteiger partial charge in [0, 0.05) is 48.8 Å². The second-order valence-electron chi connectivity index (χ2n) is 9.72. The SMILES string of the molecule is COc1cccc(C(C)CC(=O)Cc2sc3c(c2C#N)CCC(OC(=O)NCC2CCOCC2)C3)c1. The number of carbonyl (C=O) groups is 2. The van der Waals surface area contributed by atoms with E-state index >= 15 is 0 Å². The number of carbonyl (C=O) groups excluding carboxylic acids is 2. The molecule has 2 aromatic rings. The molecule has 0 spiro atoms. The van der Waals surface area contributed by atoms with Crippen LogP contribution in [0.1, 0.15) is 65.0 Å². The topological polar surface area (TPSA) is 97.7 Å². The second kappa shape index (κ2) is 12.4. The molecule has 8 heteroatoms. The lowest BCUT2D eigenvalue weighted by atomic mass is 9.91. The third-order valence-corrected chi connectivity index (χ3v) is 8.36. The Morgan fingerprint density at radius 2 is 2.08 bits per heavy atom. The number of hydrogen-bond donors (Lipinski definition) is 1. The van der Waals surface area contributed by atoms with E-state index in [2.05, 4.69) is 11.4 Å². The number of ketones is 1. The van der Waals surface area contributed by atoms with Gasteiger partial charge < -0.3 is 19.5 Å². The van der Waals surface area contributed by atoms with Crippen LogP contribution in [-0.2, 0) is 33.5 Å². The minimum Gasteiger partial charge on any atom is -0.497 e. The van der Waals surface area contributed by atoms with Crippen LogP contribution in [0.4, 0.5) is 4.79 Å². The van der Waals surface area contributed by atoms with Crippen molar-refractivity contribution in [3.63, 3.8) is 0 Å². The Morgan fingerprint density at radius 1 is 1.28 bits per heavy atom. The highest BCUT2D eigenvalue weighted by Gasteiger charge is 2.29. The number of benzene rings is 1. The number of nitriles is 1. The first-order chi connectivity index (χ1) is 17.5. The molecule has 1 saturated heterocycles. The van der Waals surface area contributed by atoms with Crippen molar-refractivity contribution in [2.45, 2.75) is 63.9 Å². The minimum absolute atomic E-state index is 0.0603. The molecule has 1 aromatic heterocycles. The Labute approximate surface area is 216 Å². The van der Waals surface area contributed by atoms with Crippen molar-refractivity contribution in [3.05, 3.63) is 50.7 Å². The zero-order valence-electron chi connectivity index (χ0n) is 21.0. The Kier molecular flexibility index (Phi) is 9.00. The van der Waals surface area contributed by atoms with Gasteiger partial charge in [0.1, 0.15) is 23.7 Å². The van der Waals surface area contributed by atoms with Gasteiger partial charge in [0.05, 0.1) is 12.7 Å². The molecule has 36 heavy (non-hydrogen) atoms. The third-order valence-electron chi connectivity index (χ3n) is 7.11. The van der Waals surface area contributed by atoms with Crippen molar-refractivity contribution in [1.82, 2.24) is 5.32 Å². The molecule has 7 nitrogen and oxygen atoms in total. The van der Waals surface area contributed by atoms with Crippen molar-refractivity contribution in [3.8, 4) is 11.8 Å². The molecule has 1 aromatic carbocycles. The van der Waals surface area contributed by atoms with Crippen LogP contribution in [0.25, 0.3) is 0 Å². The lowest BCUT2D eigenvalue weighted by Gasteiger charge is -2.25. The number of nitrogens with zero attached hydrogens (tertiary/aromatic N) is 1. The lowest BCUT2D eigenvalue weighted by molar-refractivity contribution is -0.118. The molecule has 1 aliphatic carbocycles. The van der Waals surface area contributed by atoms with Crippen LogP contribution in [0.15, 0.2) is 24.3 Å². The van der Waals surface area contributed by atoms with Crippen molar-refractivity contribution in [2.75, 3.05) is 26.9 Å². The van der Waals surface area contributed by atoms with Crippen LogP contribution < -0.4 is 10.1 Å². The highest BCUT2D eigenvalue weighted by Crippen LogP contribution is 2.36. The Balaban J connectivity index is 1.32. The fraction of sp³-hybridized carbons (Fsp3) is 0.536. The average Bonchev–Trinajstić information content (AvgIpc) is 3.23. The molecule has 1 aliphatic heterocycles. The minimum atomic E-state index is -0.381. The number of alkyl carbamates (subject to hydrolysis) is 1. The summed E-state index contributed by atoms with van der Waals surface area (Å²) < 4.78 is 16.3. The first-order valence-electron chi connectivity index (χ1n) is 12.7. The summed E-state index contributed by atoms with van der Waals surface area (Å²) in [6.45, 7) is 4.14. The van der Waals surface area contributed by atoms with Gasteiger partial charge in [-0.15, -0.1) is 11.3 Å². The van der Waals surface area contributed by atoms with Crippen LogP contribution >= 0.6 is 11.3 Å². The molecule has 2 heterocycles. The van der Waals surface area contributed by atoms with E-state index in [1.165, 1.54) is 11.3 Å². The van der Waals surface area contributed by atoms with Gasteiger partial charge in [-0.05, 0) is 60.8 Å². The van der Waals surface area contributed by atoms with Gasteiger partial charge in [0.15, 0.2) is 0 Å². The summed E-state index contributed by atoms with van der Waals surface area (Å²) in [6, 6.07) is 10.1. The van der Waals surface area contributed by atoms with Gasteiger partial charge in [0.2, 0.25) is 0 Å². The molecule has 4 rings (SSSR count). The molecular formula is C28H34N2O5S. The van der Waals surface area contributed by atoms with Crippen molar-refractivity contribution < 1.29 is 23.8 Å². The second-order valence-corrected chi connectivity index (χ2v) is 10.9. The van der Waals surface area contributed by atoms with E-state index in [1.807, 2.05) is 31.2 Å². The average molecular weight is 511 g/mol. The van der Waals surface area contributed by atoms with Crippen LogP contribution in [0.5, 0.6) is 5.75 Å². The van der Waals surface area contributed by atoms with Crippen molar-refractivity contribution in [1.29, 1.82) is 5.26 Å². The molecule has 0 bridgehead atoms. The number of fused-ring (bicyclic) bond motifs is 1. The zero-order valence-corrected chi connectivity index (χ0v) is 21.8. The Morgan fingerprint density at radius 3 is 2.83 bits per heavy atom. The molecule has 1 N–H and O–H groups in total. The molecule has 2 aliphatic rings. The van der Waals surface area contributed by atoms with E-state index in [0.29, 0.717) is 43.7 Å². The molecule has 2 atom stereocenters. The Hall–Kier alpha value is -2.89. The maximum Gasteiger partial charge on any atom is 0.407 e. The molecular weight excluding hydrogens is 476 g/mol. The molecule has 192 valence electrons. The first kappa shape index (κ1) is 26.2. The maximum absolute atomic E-state index is 12.9. The predicted octanol–water partition coefficient (Wildman–Crippen LogP) is 4.94. The Bertz CT molecular complexity index is 1120. The van der Waals surface area contributed by atoms with E-state index in [1.54, 1.807) is 7.11 Å². The first-order valence-corrected chi connectivity index (χ1v) is 13.5. The van der Waals surface area contributed by atoms with Crippen LogP contribution in [0.3, 0.4) is 0 Å². The van der Waals surface area contributed by atoms with Crippen molar-refractivity contribution in [2.24, 2.45) is 5.92 Å². The fourth-order valence-electron chi connectivity index (χ4n) is 5.00. The number of methoxy groups -OCH3 is 1. The van der Waals surface area contributed by atoms with Gasteiger partial charge in [-0.25, -0.2) is 4.79 Å². The van der Waals surface area contributed by atoms with Crippen LogP contribution in [-0.4, -0.2) is 44.8 Å². The third kappa shape index (κ3) is 6.65. The number of hydrogen-bond acceptors (Lipinski definition) is 7. The summed E-state index contributed by atoms with van der Waals surface area (Å²) in [5.74, 6) is 1.39. The number of ether oxygens (including phenoxy) is 3. The number of amides is 1. The predicted molar refractivity (Wildman–Crippen MR) is 138 cm³/mol. The zero-order chi connectivity index (χ0) is 25.5. The molecule has 0 radical (unpaired) electrons. The summed E-state index contributed by atoms with van der Waals surface area (Å²) in [6.07, 6.45) is 3.94. The molecule has 1 amide bonds. The van der Waals surface area contributed by atoms with Gasteiger partial charge in [0.25, 0.3) is 0 Å². The number of Topliss-reactive ketones (excluding diaryl/α,β-unsaturated/α-hetero) is 1. The van der Waals surface area contributed by atoms with Crippen molar-refractivity contribution >= 4 is 23.2 Å². The van der Waals surface area contributed by atoms with E-state index in [0.717, 1.165) is 52.7 Å². The summed E-state index contributed by atoms with van der Waals surface area (Å²) >= 11 is 1.52. The fourth-order valence-corrected chi connectivity index (χ4v) is 6.40. The standard InChI is InChI=1S/C28H34N2O5S/c1-18(20-4-3-5-22(13-20)33-2)12-21(31)14-26-25(16-29)24-7-6-23(15-27(24)36-26)35-28(32)30-17-19-8-10-34-11-9-19/h3-5,13,18-19,23H,6-12,14-15,17H2,1-2H3,(H,30,32). The quantitative estimate of drug-likeness (QED) is 0.513. The summed E-state index contributed by atoms with van der Waals surface area (Å²) in [5.41, 5.74) is 2.72. The van der Waals surface area contributed by atoms with E-state index < -0.39 is 0 Å². The van der Waals surface area contributed by atoms with Gasteiger partial charge in [-0.1, -0.05) is 19.1 Å². The number of rotatable bonds is 9. The van der Waals surface area contributed by atoms with Crippen LogP contribution in [0.2, 0.25) is 0 Å². The van der Waals surface area contributed by atoms with E-state index in [-0.39, 0.29) is 30.3 Å². The highest BCUT2D eigenvalue weighted by molar-refractivity contribution is 7.12. The van der Waals surface area contributed by atoms with Gasteiger partial charge >= 0.3 is 6.09 Å². The summed E-state index contributed by atoms with van der Waals surface area (Å²) in [5, 5.41) is 12.7. The smallest absolute Gasteiger partial charge is 0.407 e. The van der Waals surface area contributed by atoms with E-state index in [9.17, 15) is 14.9 Å². The number of thiophene rings is 1. The lowest BCUT2D eigenvalue weighted by Crippen LogP contribution is -2.36. The molecule has 2 unspecified atom stereocenters. The van der Waals surface area contributed by atoms with Crippen LogP contribution in [0, 0.1) is 17.2 Å². The molecule has 1 fully saturated rings. The largest absolute Gasteiger partial charge is 0.497 e. The summed E-state index contributed by atoms with van der Waals surface area (Å²) in [7, 11) is 1.63. The maximum atomic E-state index is 12.9.